The number of ether oxygens (including phenoxy) is 1. The van der Waals surface area contributed by atoms with Gasteiger partial charge in [0.1, 0.15) is 0 Å². The molecule has 1 heterocycles. The van der Waals surface area contributed by atoms with E-state index in [9.17, 15) is 14.4 Å². The van der Waals surface area contributed by atoms with Gasteiger partial charge in [-0.05, 0) is 19.1 Å². The third kappa shape index (κ3) is 5.61. The molecule has 0 unspecified atom stereocenters. The van der Waals surface area contributed by atoms with Gasteiger partial charge in [0.2, 0.25) is 5.91 Å². The smallest absolute Gasteiger partial charge is 0.311 e. The number of nitrogens with zero attached hydrogens (tertiary/aromatic N) is 1. The first-order valence-corrected chi connectivity index (χ1v) is 8.54. The lowest BCUT2D eigenvalue weighted by Crippen LogP contribution is -2.23. The molecule has 1 amide bonds. The van der Waals surface area contributed by atoms with Gasteiger partial charge in [-0.15, -0.1) is 0 Å². The van der Waals surface area contributed by atoms with Crippen molar-refractivity contribution >= 4 is 40.9 Å². The van der Waals surface area contributed by atoms with Crippen LogP contribution in [0.5, 0.6) is 0 Å². The molecule has 2 aromatic rings. The number of para-hydroxylation sites is 1. The number of methoxy groups -OCH3 is 1. The van der Waals surface area contributed by atoms with E-state index in [0.29, 0.717) is 10.7 Å². The number of carbonyl (C=O) groups is 2. The van der Waals surface area contributed by atoms with E-state index in [0.717, 1.165) is 11.8 Å². The monoisotopic (exact) mass is 381 g/mol. The summed E-state index contributed by atoms with van der Waals surface area (Å²) in [6.45, 7) is 1.67. The number of hydrogen-bond donors (Lipinski definition) is 2. The Balaban J connectivity index is 2.08. The predicted octanol–water partition coefficient (Wildman–Crippen LogP) is 2.26. The fraction of sp³-hybridized carbons (Fsp3) is 0.250. The van der Waals surface area contributed by atoms with Crippen LogP contribution in [0.25, 0.3) is 0 Å². The van der Waals surface area contributed by atoms with E-state index in [2.05, 4.69) is 20.0 Å². The van der Waals surface area contributed by atoms with Crippen molar-refractivity contribution in [2.75, 3.05) is 12.4 Å². The van der Waals surface area contributed by atoms with Gasteiger partial charge in [0.25, 0.3) is 5.56 Å². The van der Waals surface area contributed by atoms with Crippen LogP contribution in [-0.2, 0) is 20.7 Å². The lowest BCUT2D eigenvalue weighted by molar-refractivity contribution is -0.139. The Labute approximate surface area is 153 Å². The third-order valence-corrected chi connectivity index (χ3v) is 4.43. The molecule has 0 saturated heterocycles. The topological polar surface area (TPSA) is 101 Å². The van der Waals surface area contributed by atoms with E-state index in [4.69, 9.17) is 11.6 Å². The highest BCUT2D eigenvalue weighted by Gasteiger charge is 2.18. The van der Waals surface area contributed by atoms with Crippen molar-refractivity contribution in [3.63, 3.8) is 0 Å². The molecule has 0 spiro atoms. The number of carbonyl (C=O) groups excluding carboxylic acids is 2. The Morgan fingerprint density at radius 3 is 2.80 bits per heavy atom. The summed E-state index contributed by atoms with van der Waals surface area (Å²) in [4.78, 5) is 42.0. The number of benzene rings is 1. The highest BCUT2D eigenvalue weighted by atomic mass is 35.5. The standard InChI is InChI=1S/C16H16ClN3O4S/c1-9(15(23)19-12-6-4-3-5-11(12)17)25-16-18-10(7-13(21)20-16)8-14(22)24-2/h3-7,9H,8H2,1-2H3,(H,19,23)(H,18,20,21)/t9-/m1/s1. The Bertz CT molecular complexity index is 840. The largest absolute Gasteiger partial charge is 0.469 e. The minimum absolute atomic E-state index is 0.117. The number of H-pyrrole nitrogens is 1. The highest BCUT2D eigenvalue weighted by Crippen LogP contribution is 2.24. The third-order valence-electron chi connectivity index (χ3n) is 3.12. The molecule has 2 rings (SSSR count). The first-order valence-electron chi connectivity index (χ1n) is 7.28. The molecule has 2 N–H and O–H groups in total. The van der Waals surface area contributed by atoms with Gasteiger partial charge in [0.05, 0.1) is 35.2 Å². The minimum Gasteiger partial charge on any atom is -0.469 e. The van der Waals surface area contributed by atoms with Crippen LogP contribution >= 0.6 is 23.4 Å². The van der Waals surface area contributed by atoms with E-state index in [1.807, 2.05) is 0 Å². The fourth-order valence-corrected chi connectivity index (χ4v) is 2.88. The molecule has 25 heavy (non-hydrogen) atoms. The van der Waals surface area contributed by atoms with Crippen molar-refractivity contribution in [3.8, 4) is 0 Å². The Morgan fingerprint density at radius 1 is 1.40 bits per heavy atom. The van der Waals surface area contributed by atoms with Crippen LogP contribution in [0.2, 0.25) is 5.02 Å². The maximum Gasteiger partial charge on any atom is 0.311 e. The van der Waals surface area contributed by atoms with Crippen molar-refractivity contribution in [1.29, 1.82) is 0 Å². The average Bonchev–Trinajstić information content (AvgIpc) is 2.56. The molecular weight excluding hydrogens is 366 g/mol. The van der Waals surface area contributed by atoms with Crippen molar-refractivity contribution in [1.82, 2.24) is 9.97 Å². The second-order valence-electron chi connectivity index (χ2n) is 5.02. The molecule has 0 saturated carbocycles. The molecule has 0 bridgehead atoms. The van der Waals surface area contributed by atoms with E-state index in [-0.39, 0.29) is 23.2 Å². The molecule has 1 aromatic carbocycles. The summed E-state index contributed by atoms with van der Waals surface area (Å²) in [6, 6.07) is 8.10. The van der Waals surface area contributed by atoms with Gasteiger partial charge >= 0.3 is 5.97 Å². The SMILES string of the molecule is COC(=O)Cc1cc(=O)[nH]c(S[C@H](C)C(=O)Nc2ccccc2Cl)n1. The maximum atomic E-state index is 12.3. The van der Waals surface area contributed by atoms with Crippen LogP contribution in [-0.4, -0.2) is 34.2 Å². The molecule has 1 atom stereocenters. The van der Waals surface area contributed by atoms with Gasteiger partial charge < -0.3 is 15.0 Å². The van der Waals surface area contributed by atoms with Gasteiger partial charge in [-0.2, -0.15) is 0 Å². The number of amides is 1. The zero-order valence-corrected chi connectivity index (χ0v) is 15.1. The van der Waals surface area contributed by atoms with Crippen molar-refractivity contribution < 1.29 is 14.3 Å². The normalized spacial score (nSPS) is 11.6. The second kappa shape index (κ2) is 8.68. The summed E-state index contributed by atoms with van der Waals surface area (Å²) in [5.74, 6) is -0.794. The summed E-state index contributed by atoms with van der Waals surface area (Å²) in [7, 11) is 1.26. The second-order valence-corrected chi connectivity index (χ2v) is 6.76. The number of hydrogen-bond acceptors (Lipinski definition) is 6. The summed E-state index contributed by atoms with van der Waals surface area (Å²) >= 11 is 7.08. The summed E-state index contributed by atoms with van der Waals surface area (Å²) < 4.78 is 4.56. The molecule has 0 aliphatic carbocycles. The average molecular weight is 382 g/mol. The molecule has 0 aliphatic heterocycles. The minimum atomic E-state index is -0.548. The molecule has 0 aliphatic rings. The van der Waals surface area contributed by atoms with E-state index in [1.165, 1.54) is 13.2 Å². The van der Waals surface area contributed by atoms with Gasteiger partial charge in [0.15, 0.2) is 5.16 Å². The molecule has 0 radical (unpaired) electrons. The Hall–Kier alpha value is -2.32. The zero-order chi connectivity index (χ0) is 18.4. The number of nitrogens with one attached hydrogen (secondary N) is 2. The molecule has 0 fully saturated rings. The van der Waals surface area contributed by atoms with Gasteiger partial charge in [-0.3, -0.25) is 14.4 Å². The van der Waals surface area contributed by atoms with Gasteiger partial charge in [0, 0.05) is 6.07 Å². The van der Waals surface area contributed by atoms with Crippen molar-refractivity contribution in [2.24, 2.45) is 0 Å². The van der Waals surface area contributed by atoms with Crippen LogP contribution in [0.4, 0.5) is 5.69 Å². The number of rotatable bonds is 6. The van der Waals surface area contributed by atoms with Crippen LogP contribution in [0.15, 0.2) is 40.3 Å². The Morgan fingerprint density at radius 2 is 2.12 bits per heavy atom. The van der Waals surface area contributed by atoms with Crippen molar-refractivity contribution in [3.05, 3.63) is 51.4 Å². The maximum absolute atomic E-state index is 12.3. The number of anilines is 1. The number of aromatic nitrogens is 2. The molecular formula is C16H16ClN3O4S. The lowest BCUT2D eigenvalue weighted by atomic mass is 10.3. The molecule has 9 heteroatoms. The number of thioether (sulfide) groups is 1. The van der Waals surface area contributed by atoms with Crippen LogP contribution < -0.4 is 10.9 Å². The quantitative estimate of drug-likeness (QED) is 0.452. The van der Waals surface area contributed by atoms with E-state index < -0.39 is 16.8 Å². The summed E-state index contributed by atoms with van der Waals surface area (Å²) in [5, 5.41) is 2.84. The first kappa shape index (κ1) is 19.0. The van der Waals surface area contributed by atoms with E-state index >= 15 is 0 Å². The van der Waals surface area contributed by atoms with Crippen molar-refractivity contribution in [2.45, 2.75) is 23.8 Å². The molecule has 132 valence electrons. The highest BCUT2D eigenvalue weighted by molar-refractivity contribution is 8.00. The predicted molar refractivity (Wildman–Crippen MR) is 96.0 cm³/mol. The molecule has 1 aromatic heterocycles. The van der Waals surface area contributed by atoms with Crippen LogP contribution in [0.3, 0.4) is 0 Å². The number of aromatic amines is 1. The zero-order valence-electron chi connectivity index (χ0n) is 13.5. The number of esters is 1. The lowest BCUT2D eigenvalue weighted by Gasteiger charge is -2.12. The first-order chi connectivity index (χ1) is 11.9. The summed E-state index contributed by atoms with van der Waals surface area (Å²) in [5.41, 5.74) is 0.370. The van der Waals surface area contributed by atoms with E-state index in [1.54, 1.807) is 31.2 Å². The van der Waals surface area contributed by atoms with Crippen LogP contribution in [0.1, 0.15) is 12.6 Å². The van der Waals surface area contributed by atoms with Gasteiger partial charge in [-0.1, -0.05) is 35.5 Å². The Kier molecular flexibility index (Phi) is 6.60. The van der Waals surface area contributed by atoms with Crippen LogP contribution in [0, 0.1) is 0 Å². The summed E-state index contributed by atoms with van der Waals surface area (Å²) in [6.07, 6.45) is -0.117. The van der Waals surface area contributed by atoms with Gasteiger partial charge in [-0.25, -0.2) is 4.98 Å². The number of halogens is 1. The molecule has 7 nitrogen and oxygen atoms in total. The fourth-order valence-electron chi connectivity index (χ4n) is 1.87.